The zero-order valence-corrected chi connectivity index (χ0v) is 37.9. The molecule has 0 aliphatic carbocycles. The molecule has 0 aliphatic rings. The van der Waals surface area contributed by atoms with Gasteiger partial charge < -0.3 is 14.2 Å². The van der Waals surface area contributed by atoms with E-state index in [4.69, 9.17) is 14.2 Å². The Morgan fingerprint density at radius 2 is 0.596 bits per heavy atom. The van der Waals surface area contributed by atoms with Crippen LogP contribution in [0.5, 0.6) is 0 Å². The van der Waals surface area contributed by atoms with Gasteiger partial charge in [0.25, 0.3) is 0 Å². The Labute approximate surface area is 353 Å². The van der Waals surface area contributed by atoms with Gasteiger partial charge in [-0.15, -0.1) is 0 Å². The van der Waals surface area contributed by atoms with Crippen molar-refractivity contribution in [2.45, 2.75) is 258 Å². The Hall–Kier alpha value is -2.37. The van der Waals surface area contributed by atoms with Gasteiger partial charge in [-0.2, -0.15) is 0 Å². The Morgan fingerprint density at radius 1 is 0.333 bits per heavy atom. The predicted molar refractivity (Wildman–Crippen MR) is 242 cm³/mol. The second kappa shape index (κ2) is 46.3. The maximum Gasteiger partial charge on any atom is 0.306 e. The van der Waals surface area contributed by atoms with Crippen molar-refractivity contribution in [2.24, 2.45) is 0 Å². The van der Waals surface area contributed by atoms with Gasteiger partial charge in [-0.1, -0.05) is 179 Å². The van der Waals surface area contributed by atoms with E-state index in [-0.39, 0.29) is 31.1 Å². The zero-order chi connectivity index (χ0) is 41.5. The number of hydrogen-bond acceptors (Lipinski definition) is 6. The zero-order valence-electron chi connectivity index (χ0n) is 37.9. The molecule has 1 atom stereocenters. The fourth-order valence-electron chi connectivity index (χ4n) is 6.82. The Morgan fingerprint density at radius 3 is 0.930 bits per heavy atom. The molecule has 0 rings (SSSR count). The fraction of sp³-hybridized carbons (Fsp3) is 0.824. The lowest BCUT2D eigenvalue weighted by Crippen LogP contribution is -2.30. The molecule has 0 saturated heterocycles. The number of allylic oxidation sites excluding steroid dienone is 6. The fourth-order valence-corrected chi connectivity index (χ4v) is 6.82. The van der Waals surface area contributed by atoms with E-state index in [1.165, 1.54) is 128 Å². The van der Waals surface area contributed by atoms with Gasteiger partial charge in [0.15, 0.2) is 6.10 Å². The van der Waals surface area contributed by atoms with Crippen molar-refractivity contribution >= 4 is 17.9 Å². The topological polar surface area (TPSA) is 78.9 Å². The van der Waals surface area contributed by atoms with Crippen LogP contribution in [0.4, 0.5) is 0 Å². The summed E-state index contributed by atoms with van der Waals surface area (Å²) in [4.78, 5) is 37.8. The van der Waals surface area contributed by atoms with Gasteiger partial charge in [0, 0.05) is 19.3 Å². The molecule has 0 aromatic carbocycles. The first kappa shape index (κ1) is 54.6. The molecule has 6 nitrogen and oxygen atoms in total. The maximum absolute atomic E-state index is 12.7. The predicted octanol–water partition coefficient (Wildman–Crippen LogP) is 15.8. The maximum atomic E-state index is 12.7. The molecule has 0 fully saturated rings. The Kier molecular flexibility index (Phi) is 44.4. The summed E-state index contributed by atoms with van der Waals surface area (Å²) in [6.45, 7) is 6.56. The third-order valence-electron chi connectivity index (χ3n) is 10.6. The molecule has 0 aliphatic heterocycles. The van der Waals surface area contributed by atoms with Gasteiger partial charge >= 0.3 is 17.9 Å². The normalized spacial score (nSPS) is 12.3. The van der Waals surface area contributed by atoms with Crippen LogP contribution in [0.2, 0.25) is 0 Å². The van der Waals surface area contributed by atoms with Crippen molar-refractivity contribution in [2.75, 3.05) is 13.2 Å². The minimum Gasteiger partial charge on any atom is -0.462 e. The van der Waals surface area contributed by atoms with E-state index in [0.29, 0.717) is 19.3 Å². The first-order valence-electron chi connectivity index (χ1n) is 24.5. The summed E-state index contributed by atoms with van der Waals surface area (Å²) < 4.78 is 16.7. The smallest absolute Gasteiger partial charge is 0.306 e. The average Bonchev–Trinajstić information content (AvgIpc) is 3.21. The van der Waals surface area contributed by atoms with E-state index in [1.54, 1.807) is 0 Å². The minimum atomic E-state index is -0.779. The van der Waals surface area contributed by atoms with Crippen LogP contribution in [0.15, 0.2) is 36.5 Å². The van der Waals surface area contributed by atoms with Crippen molar-refractivity contribution in [1.29, 1.82) is 0 Å². The standard InChI is InChI=1S/C51H92O6/c1-4-7-10-13-16-19-22-24-26-29-32-35-38-41-44-50(53)56-47-48(46-55-49(52)43-40-37-34-31-28-21-18-15-12-9-6-3)57-51(54)45-42-39-36-33-30-27-25-23-20-17-14-11-8-5-2/h15,18,22-25,48H,4-14,16-17,19-21,26-47H2,1-3H3/b18-15-,24-22-,25-23-. The van der Waals surface area contributed by atoms with E-state index in [0.717, 1.165) is 83.5 Å². The first-order valence-corrected chi connectivity index (χ1v) is 24.5. The third-order valence-corrected chi connectivity index (χ3v) is 10.6. The molecule has 0 aromatic heterocycles. The lowest BCUT2D eigenvalue weighted by Gasteiger charge is -2.18. The number of carbonyl (C=O) groups excluding carboxylic acids is 3. The van der Waals surface area contributed by atoms with Crippen molar-refractivity contribution in [1.82, 2.24) is 0 Å². The van der Waals surface area contributed by atoms with Crippen LogP contribution in [0.1, 0.15) is 252 Å². The van der Waals surface area contributed by atoms with Crippen LogP contribution in [0.25, 0.3) is 0 Å². The monoisotopic (exact) mass is 801 g/mol. The van der Waals surface area contributed by atoms with Crippen LogP contribution in [-0.2, 0) is 28.6 Å². The second-order valence-electron chi connectivity index (χ2n) is 16.4. The number of unbranched alkanes of at least 4 members (excludes halogenated alkanes) is 27. The molecule has 0 amide bonds. The van der Waals surface area contributed by atoms with Crippen molar-refractivity contribution in [3.05, 3.63) is 36.5 Å². The summed E-state index contributed by atoms with van der Waals surface area (Å²) in [5.74, 6) is -0.903. The summed E-state index contributed by atoms with van der Waals surface area (Å²) in [5.41, 5.74) is 0. The molecule has 332 valence electrons. The molecule has 6 heteroatoms. The SMILES string of the molecule is CCCC/C=C\CCCCCCCC(=O)OCC(COC(=O)CCCCCCC/C=C\CCCCCCC)OC(=O)CCCCCCC/C=C\CCCCCCC. The molecule has 0 N–H and O–H groups in total. The quantitative estimate of drug-likeness (QED) is 0.0264. The van der Waals surface area contributed by atoms with Crippen LogP contribution in [0, 0.1) is 0 Å². The summed E-state index contributed by atoms with van der Waals surface area (Å²) in [6.07, 6.45) is 52.6. The molecule has 0 aromatic rings. The van der Waals surface area contributed by atoms with E-state index >= 15 is 0 Å². The van der Waals surface area contributed by atoms with E-state index < -0.39 is 6.10 Å². The van der Waals surface area contributed by atoms with Gasteiger partial charge in [-0.05, 0) is 89.9 Å². The average molecular weight is 801 g/mol. The Balaban J connectivity index is 4.39. The minimum absolute atomic E-state index is 0.0814. The number of carbonyl (C=O) groups is 3. The largest absolute Gasteiger partial charge is 0.462 e. The Bertz CT molecular complexity index is 969. The number of rotatable bonds is 44. The molecule has 1 unspecified atom stereocenters. The molecule has 57 heavy (non-hydrogen) atoms. The summed E-state index contributed by atoms with van der Waals surface area (Å²) in [6, 6.07) is 0. The summed E-state index contributed by atoms with van der Waals surface area (Å²) >= 11 is 0. The highest BCUT2D eigenvalue weighted by molar-refractivity contribution is 5.71. The summed E-state index contributed by atoms with van der Waals surface area (Å²) in [7, 11) is 0. The molecular formula is C51H92O6. The van der Waals surface area contributed by atoms with Crippen molar-refractivity contribution < 1.29 is 28.6 Å². The molecular weight excluding hydrogens is 709 g/mol. The highest BCUT2D eigenvalue weighted by atomic mass is 16.6. The van der Waals surface area contributed by atoms with E-state index in [1.807, 2.05) is 0 Å². The molecule has 0 bridgehead atoms. The van der Waals surface area contributed by atoms with Gasteiger partial charge in [0.2, 0.25) is 0 Å². The molecule has 0 saturated carbocycles. The highest BCUT2D eigenvalue weighted by Crippen LogP contribution is 2.14. The second-order valence-corrected chi connectivity index (χ2v) is 16.4. The van der Waals surface area contributed by atoms with Gasteiger partial charge in [0.05, 0.1) is 0 Å². The lowest BCUT2D eigenvalue weighted by atomic mass is 10.1. The van der Waals surface area contributed by atoms with Crippen molar-refractivity contribution in [3.63, 3.8) is 0 Å². The third kappa shape index (κ3) is 44.6. The molecule has 0 radical (unpaired) electrons. The number of hydrogen-bond donors (Lipinski definition) is 0. The van der Waals surface area contributed by atoms with E-state index in [2.05, 4.69) is 57.2 Å². The van der Waals surface area contributed by atoms with Crippen LogP contribution >= 0.6 is 0 Å². The van der Waals surface area contributed by atoms with Crippen LogP contribution in [-0.4, -0.2) is 37.2 Å². The summed E-state index contributed by atoms with van der Waals surface area (Å²) in [5, 5.41) is 0. The van der Waals surface area contributed by atoms with Crippen LogP contribution < -0.4 is 0 Å². The van der Waals surface area contributed by atoms with Gasteiger partial charge in [-0.25, -0.2) is 0 Å². The lowest BCUT2D eigenvalue weighted by molar-refractivity contribution is -0.167. The number of ether oxygens (including phenoxy) is 3. The van der Waals surface area contributed by atoms with Gasteiger partial charge in [-0.3, -0.25) is 14.4 Å². The molecule has 0 heterocycles. The first-order chi connectivity index (χ1) is 28.0. The van der Waals surface area contributed by atoms with E-state index in [9.17, 15) is 14.4 Å². The van der Waals surface area contributed by atoms with Gasteiger partial charge in [0.1, 0.15) is 13.2 Å². The van der Waals surface area contributed by atoms with Crippen LogP contribution in [0.3, 0.4) is 0 Å². The number of esters is 3. The van der Waals surface area contributed by atoms with Crippen molar-refractivity contribution in [3.8, 4) is 0 Å². The molecule has 0 spiro atoms. The highest BCUT2D eigenvalue weighted by Gasteiger charge is 2.19.